The second-order valence-corrected chi connectivity index (χ2v) is 8.39. The SMILES string of the molecule is CCc1ccc([C@@H](C)NC(=O)CSCc2cc(=O)oc3cc(C)c(C)cc23)cc1. The molecule has 0 radical (unpaired) electrons. The van der Waals surface area contributed by atoms with Crippen LogP contribution < -0.4 is 10.9 Å². The van der Waals surface area contributed by atoms with Crippen LogP contribution in [-0.2, 0) is 17.0 Å². The maximum Gasteiger partial charge on any atom is 0.336 e. The Labute approximate surface area is 175 Å². The van der Waals surface area contributed by atoms with E-state index in [0.717, 1.165) is 34.1 Å². The van der Waals surface area contributed by atoms with Gasteiger partial charge in [-0.3, -0.25) is 4.79 Å². The fourth-order valence-corrected chi connectivity index (χ4v) is 4.09. The van der Waals surface area contributed by atoms with E-state index in [4.69, 9.17) is 4.42 Å². The summed E-state index contributed by atoms with van der Waals surface area (Å²) in [6.45, 7) is 8.15. The number of hydrogen-bond acceptors (Lipinski definition) is 4. The molecule has 0 aliphatic heterocycles. The van der Waals surface area contributed by atoms with Crippen LogP contribution in [0.25, 0.3) is 11.0 Å². The standard InChI is InChI=1S/C24H27NO3S/c1-5-18-6-8-19(9-7-18)17(4)25-23(26)14-29-13-20-12-24(27)28-22-11-16(3)15(2)10-21(20)22/h6-12,17H,5,13-14H2,1-4H3,(H,25,26)/t17-/m1/s1. The molecule has 0 unspecified atom stereocenters. The number of thioether (sulfide) groups is 1. The fraction of sp³-hybridized carbons (Fsp3) is 0.333. The topological polar surface area (TPSA) is 59.3 Å². The second-order valence-electron chi connectivity index (χ2n) is 7.40. The summed E-state index contributed by atoms with van der Waals surface area (Å²) in [6.07, 6.45) is 1.00. The van der Waals surface area contributed by atoms with Gasteiger partial charge in [-0.2, -0.15) is 0 Å². The zero-order valence-corrected chi connectivity index (χ0v) is 18.2. The van der Waals surface area contributed by atoms with Gasteiger partial charge in [0.15, 0.2) is 0 Å². The lowest BCUT2D eigenvalue weighted by molar-refractivity contribution is -0.119. The smallest absolute Gasteiger partial charge is 0.336 e. The van der Waals surface area contributed by atoms with Crippen LogP contribution in [0.4, 0.5) is 0 Å². The number of aryl methyl sites for hydroxylation is 3. The monoisotopic (exact) mass is 409 g/mol. The van der Waals surface area contributed by atoms with Crippen LogP contribution in [0.1, 0.15) is 47.7 Å². The number of rotatable bonds is 7. The predicted molar refractivity (Wildman–Crippen MR) is 120 cm³/mol. The highest BCUT2D eigenvalue weighted by atomic mass is 32.2. The van der Waals surface area contributed by atoms with Gasteiger partial charge in [-0.1, -0.05) is 31.2 Å². The zero-order valence-electron chi connectivity index (χ0n) is 17.4. The molecule has 0 saturated carbocycles. The zero-order chi connectivity index (χ0) is 21.0. The van der Waals surface area contributed by atoms with E-state index in [-0.39, 0.29) is 17.6 Å². The van der Waals surface area contributed by atoms with E-state index in [1.807, 2.05) is 32.9 Å². The van der Waals surface area contributed by atoms with Gasteiger partial charge in [-0.05, 0) is 67.1 Å². The maximum absolute atomic E-state index is 12.4. The Morgan fingerprint density at radius 1 is 1.10 bits per heavy atom. The van der Waals surface area contributed by atoms with Gasteiger partial charge in [0, 0.05) is 17.2 Å². The minimum absolute atomic E-state index is 0.0126. The molecule has 0 bridgehead atoms. The molecule has 0 aliphatic rings. The Morgan fingerprint density at radius 2 is 1.79 bits per heavy atom. The van der Waals surface area contributed by atoms with E-state index in [1.165, 1.54) is 23.4 Å². The van der Waals surface area contributed by atoms with Crippen LogP contribution in [0.2, 0.25) is 0 Å². The van der Waals surface area contributed by atoms with Gasteiger partial charge in [0.25, 0.3) is 0 Å². The van der Waals surface area contributed by atoms with Crippen LogP contribution in [0.15, 0.2) is 51.7 Å². The molecule has 1 heterocycles. The first kappa shape index (κ1) is 21.2. The lowest BCUT2D eigenvalue weighted by Crippen LogP contribution is -2.28. The molecule has 2 aromatic carbocycles. The largest absolute Gasteiger partial charge is 0.423 e. The van der Waals surface area contributed by atoms with Gasteiger partial charge < -0.3 is 9.73 Å². The highest BCUT2D eigenvalue weighted by Gasteiger charge is 2.12. The van der Waals surface area contributed by atoms with Crippen molar-refractivity contribution in [1.82, 2.24) is 5.32 Å². The van der Waals surface area contributed by atoms with Gasteiger partial charge >= 0.3 is 5.63 Å². The molecule has 4 nitrogen and oxygen atoms in total. The number of fused-ring (bicyclic) bond motifs is 1. The molecule has 0 aliphatic carbocycles. The first-order valence-corrected chi connectivity index (χ1v) is 11.0. The molecule has 1 amide bonds. The molecule has 3 aromatic rings. The van der Waals surface area contributed by atoms with Crippen LogP contribution in [0.5, 0.6) is 0 Å². The van der Waals surface area contributed by atoms with Crippen molar-refractivity contribution in [3.63, 3.8) is 0 Å². The summed E-state index contributed by atoms with van der Waals surface area (Å²) in [4.78, 5) is 24.2. The minimum atomic E-state index is -0.357. The molecular formula is C24H27NO3S. The van der Waals surface area contributed by atoms with Gasteiger partial charge in [0.1, 0.15) is 5.58 Å². The van der Waals surface area contributed by atoms with Crippen molar-refractivity contribution >= 4 is 28.6 Å². The Balaban J connectivity index is 1.61. The molecule has 1 atom stereocenters. The Morgan fingerprint density at radius 3 is 2.48 bits per heavy atom. The molecule has 0 spiro atoms. The summed E-state index contributed by atoms with van der Waals surface area (Å²) >= 11 is 1.50. The van der Waals surface area contributed by atoms with Crippen LogP contribution in [0.3, 0.4) is 0 Å². The van der Waals surface area contributed by atoms with Crippen molar-refractivity contribution in [2.24, 2.45) is 0 Å². The predicted octanol–water partition coefficient (Wildman–Crippen LogP) is 5.08. The lowest BCUT2D eigenvalue weighted by atomic mass is 10.0. The third-order valence-corrected chi connectivity index (χ3v) is 6.18. The average Bonchev–Trinajstić information content (AvgIpc) is 2.69. The molecule has 29 heavy (non-hydrogen) atoms. The minimum Gasteiger partial charge on any atom is -0.423 e. The summed E-state index contributed by atoms with van der Waals surface area (Å²) in [6, 6.07) is 13.8. The highest BCUT2D eigenvalue weighted by Crippen LogP contribution is 2.24. The summed E-state index contributed by atoms with van der Waals surface area (Å²) < 4.78 is 5.34. The normalized spacial score (nSPS) is 12.1. The van der Waals surface area contributed by atoms with Crippen molar-refractivity contribution < 1.29 is 9.21 Å². The number of amides is 1. The van der Waals surface area contributed by atoms with Crippen molar-refractivity contribution in [2.45, 2.75) is 45.9 Å². The van der Waals surface area contributed by atoms with Crippen LogP contribution >= 0.6 is 11.8 Å². The Kier molecular flexibility index (Phi) is 6.80. The van der Waals surface area contributed by atoms with Crippen LogP contribution in [0, 0.1) is 13.8 Å². The fourth-order valence-electron chi connectivity index (χ4n) is 3.26. The van der Waals surface area contributed by atoms with E-state index in [1.54, 1.807) is 0 Å². The van der Waals surface area contributed by atoms with Crippen molar-refractivity contribution in [3.05, 3.63) is 80.7 Å². The molecule has 3 rings (SSSR count). The third-order valence-electron chi connectivity index (χ3n) is 5.20. The van der Waals surface area contributed by atoms with Crippen molar-refractivity contribution in [1.29, 1.82) is 0 Å². The lowest BCUT2D eigenvalue weighted by Gasteiger charge is -2.15. The summed E-state index contributed by atoms with van der Waals surface area (Å²) in [5, 5.41) is 3.98. The van der Waals surface area contributed by atoms with Gasteiger partial charge in [0.2, 0.25) is 5.91 Å². The Bertz CT molecular complexity index is 1070. The second kappa shape index (κ2) is 9.31. The van der Waals surface area contributed by atoms with E-state index in [9.17, 15) is 9.59 Å². The third kappa shape index (κ3) is 5.30. The van der Waals surface area contributed by atoms with E-state index in [2.05, 4.69) is 36.5 Å². The van der Waals surface area contributed by atoms with Crippen molar-refractivity contribution in [2.75, 3.05) is 5.75 Å². The quantitative estimate of drug-likeness (QED) is 0.553. The first-order valence-electron chi connectivity index (χ1n) is 9.87. The average molecular weight is 410 g/mol. The van der Waals surface area contributed by atoms with E-state index >= 15 is 0 Å². The van der Waals surface area contributed by atoms with E-state index in [0.29, 0.717) is 17.1 Å². The number of hydrogen-bond donors (Lipinski definition) is 1. The molecule has 0 fully saturated rings. The molecular weight excluding hydrogens is 382 g/mol. The van der Waals surface area contributed by atoms with Gasteiger partial charge in [0.05, 0.1) is 11.8 Å². The van der Waals surface area contributed by atoms with Crippen LogP contribution in [-0.4, -0.2) is 11.7 Å². The van der Waals surface area contributed by atoms with Crippen molar-refractivity contribution in [3.8, 4) is 0 Å². The summed E-state index contributed by atoms with van der Waals surface area (Å²) in [5.74, 6) is 0.906. The summed E-state index contributed by atoms with van der Waals surface area (Å²) in [5.41, 5.74) is 5.77. The first-order chi connectivity index (χ1) is 13.9. The Hall–Kier alpha value is -2.53. The van der Waals surface area contributed by atoms with Gasteiger partial charge in [-0.15, -0.1) is 11.8 Å². The number of carbonyl (C=O) groups excluding carboxylic acids is 1. The maximum atomic E-state index is 12.4. The highest BCUT2D eigenvalue weighted by molar-refractivity contribution is 7.99. The van der Waals surface area contributed by atoms with E-state index < -0.39 is 0 Å². The molecule has 152 valence electrons. The number of benzene rings is 2. The van der Waals surface area contributed by atoms with Gasteiger partial charge in [-0.25, -0.2) is 4.79 Å². The molecule has 1 N–H and O–H groups in total. The number of nitrogens with one attached hydrogen (secondary N) is 1. The summed E-state index contributed by atoms with van der Waals surface area (Å²) in [7, 11) is 0. The molecule has 5 heteroatoms. The molecule has 0 saturated heterocycles. The number of carbonyl (C=O) groups is 1. The molecule has 1 aromatic heterocycles.